The van der Waals surface area contributed by atoms with Crippen molar-refractivity contribution in [2.45, 2.75) is 57.5 Å². The van der Waals surface area contributed by atoms with Gasteiger partial charge in [-0.25, -0.2) is 0 Å². The maximum Gasteiger partial charge on any atom is 0.119 e. The fourth-order valence-corrected chi connectivity index (χ4v) is 6.90. The van der Waals surface area contributed by atoms with Crippen molar-refractivity contribution in [2.75, 3.05) is 7.11 Å². The van der Waals surface area contributed by atoms with Crippen LogP contribution in [0.1, 0.15) is 56.1 Å². The van der Waals surface area contributed by atoms with Gasteiger partial charge in [-0.15, -0.1) is 0 Å². The van der Waals surface area contributed by atoms with Gasteiger partial charge in [-0.1, -0.05) is 13.0 Å². The molecule has 2 heteroatoms. The van der Waals surface area contributed by atoms with E-state index in [1.165, 1.54) is 37.7 Å². The Morgan fingerprint density at radius 2 is 2.14 bits per heavy atom. The van der Waals surface area contributed by atoms with E-state index in [0.717, 1.165) is 29.9 Å². The number of aliphatic hydroxyl groups excluding tert-OH is 1. The molecule has 22 heavy (non-hydrogen) atoms. The van der Waals surface area contributed by atoms with E-state index in [2.05, 4.69) is 25.1 Å². The molecule has 6 atom stereocenters. The Morgan fingerprint density at radius 1 is 1.27 bits per heavy atom. The maximum atomic E-state index is 10.6. The highest BCUT2D eigenvalue weighted by Crippen LogP contribution is 2.81. The van der Waals surface area contributed by atoms with Crippen molar-refractivity contribution in [3.63, 3.8) is 0 Å². The van der Waals surface area contributed by atoms with Gasteiger partial charge in [-0.3, -0.25) is 0 Å². The molecule has 0 saturated heterocycles. The molecule has 0 unspecified atom stereocenters. The lowest BCUT2D eigenvalue weighted by molar-refractivity contribution is -0.0558. The molecule has 118 valence electrons. The molecule has 0 heterocycles. The predicted molar refractivity (Wildman–Crippen MR) is 86.1 cm³/mol. The van der Waals surface area contributed by atoms with E-state index in [4.69, 9.17) is 4.74 Å². The van der Waals surface area contributed by atoms with E-state index in [1.54, 1.807) is 12.7 Å². The summed E-state index contributed by atoms with van der Waals surface area (Å²) in [6.45, 7) is 2.39. The van der Waals surface area contributed by atoms with Crippen molar-refractivity contribution in [3.05, 3.63) is 29.3 Å². The van der Waals surface area contributed by atoms with Gasteiger partial charge in [0.1, 0.15) is 5.75 Å². The van der Waals surface area contributed by atoms with Gasteiger partial charge in [-0.2, -0.15) is 0 Å². The normalized spacial score (nSPS) is 48.0. The summed E-state index contributed by atoms with van der Waals surface area (Å²) in [6.07, 6.45) is 7.36. The Labute approximate surface area is 132 Å². The van der Waals surface area contributed by atoms with Crippen LogP contribution >= 0.6 is 0 Å². The SMILES string of the molecule is COc1ccc2c(c1)CC[C@@H]1[C@H]2CC[C@]2(C)[C@H](O)C[C@@H]3C[C@]312. The molecule has 1 spiro atoms. The lowest BCUT2D eigenvalue weighted by Gasteiger charge is -2.52. The van der Waals surface area contributed by atoms with E-state index >= 15 is 0 Å². The Bertz CT molecular complexity index is 639. The minimum Gasteiger partial charge on any atom is -0.497 e. The third-order valence-corrected chi connectivity index (χ3v) is 8.06. The number of methoxy groups -OCH3 is 1. The quantitative estimate of drug-likeness (QED) is 0.851. The minimum absolute atomic E-state index is 0.0514. The van der Waals surface area contributed by atoms with Gasteiger partial charge in [0.05, 0.1) is 13.2 Å². The fourth-order valence-electron chi connectivity index (χ4n) is 6.90. The molecule has 1 aromatic carbocycles. The maximum absolute atomic E-state index is 10.6. The first-order valence-electron chi connectivity index (χ1n) is 8.95. The van der Waals surface area contributed by atoms with Gasteiger partial charge in [0.15, 0.2) is 0 Å². The summed E-state index contributed by atoms with van der Waals surface area (Å²) < 4.78 is 5.41. The molecular formula is C20H26O2. The zero-order chi connectivity index (χ0) is 15.1. The molecule has 5 rings (SSSR count). The molecule has 4 aliphatic rings. The molecule has 2 nitrogen and oxygen atoms in total. The number of fused-ring (bicyclic) bond motifs is 3. The Kier molecular flexibility index (Phi) is 2.49. The van der Waals surface area contributed by atoms with E-state index in [1.807, 2.05) is 0 Å². The zero-order valence-corrected chi connectivity index (χ0v) is 13.6. The standard InChI is InChI=1S/C20H26O2/c1-19-8-7-16-15-5-4-14(22-2)9-12(15)3-6-17(16)20(19)11-13(20)10-18(19)21/h4-5,9,13,16-18,21H,3,6-8,10-11H2,1-2H3/t13-,16+,17-,18-,19-,20+/m1/s1. The zero-order valence-electron chi connectivity index (χ0n) is 13.6. The van der Waals surface area contributed by atoms with Crippen molar-refractivity contribution in [1.82, 2.24) is 0 Å². The summed E-state index contributed by atoms with van der Waals surface area (Å²) in [5, 5.41) is 10.6. The number of hydrogen-bond acceptors (Lipinski definition) is 2. The topological polar surface area (TPSA) is 29.5 Å². The third kappa shape index (κ3) is 1.37. The second-order valence-electron chi connectivity index (χ2n) is 8.47. The van der Waals surface area contributed by atoms with Gasteiger partial charge in [-0.05, 0) is 90.4 Å². The summed E-state index contributed by atoms with van der Waals surface area (Å²) in [4.78, 5) is 0. The number of rotatable bonds is 1. The summed E-state index contributed by atoms with van der Waals surface area (Å²) in [6, 6.07) is 6.72. The highest BCUT2D eigenvalue weighted by Gasteiger charge is 2.76. The third-order valence-electron chi connectivity index (χ3n) is 8.06. The Hall–Kier alpha value is -1.02. The number of aliphatic hydroxyl groups is 1. The van der Waals surface area contributed by atoms with Crippen LogP contribution in [-0.4, -0.2) is 18.3 Å². The van der Waals surface area contributed by atoms with Gasteiger partial charge < -0.3 is 9.84 Å². The summed E-state index contributed by atoms with van der Waals surface area (Å²) >= 11 is 0. The van der Waals surface area contributed by atoms with Gasteiger partial charge >= 0.3 is 0 Å². The molecule has 4 aliphatic carbocycles. The minimum atomic E-state index is -0.0514. The van der Waals surface area contributed by atoms with Crippen LogP contribution in [0.5, 0.6) is 5.75 Å². The van der Waals surface area contributed by atoms with E-state index in [-0.39, 0.29) is 11.5 Å². The molecular weight excluding hydrogens is 272 g/mol. The number of ether oxygens (including phenoxy) is 1. The van der Waals surface area contributed by atoms with Crippen LogP contribution in [0, 0.1) is 22.7 Å². The van der Waals surface area contributed by atoms with Crippen molar-refractivity contribution >= 4 is 0 Å². The second-order valence-corrected chi connectivity index (χ2v) is 8.47. The molecule has 1 N–H and O–H groups in total. The number of hydrogen-bond donors (Lipinski definition) is 1. The lowest BCUT2D eigenvalue weighted by atomic mass is 9.52. The highest BCUT2D eigenvalue weighted by molar-refractivity contribution is 5.42. The number of aryl methyl sites for hydroxylation is 1. The average Bonchev–Trinajstić information content (AvgIpc) is 3.19. The van der Waals surface area contributed by atoms with Gasteiger partial charge in [0.2, 0.25) is 0 Å². The van der Waals surface area contributed by atoms with Crippen LogP contribution in [0.15, 0.2) is 18.2 Å². The average molecular weight is 298 g/mol. The number of benzene rings is 1. The first kappa shape index (κ1) is 13.4. The molecule has 1 aromatic rings. The Morgan fingerprint density at radius 3 is 2.95 bits per heavy atom. The molecule has 3 fully saturated rings. The van der Waals surface area contributed by atoms with Crippen LogP contribution in [0.4, 0.5) is 0 Å². The van der Waals surface area contributed by atoms with Crippen LogP contribution in [0.3, 0.4) is 0 Å². The fraction of sp³-hybridized carbons (Fsp3) is 0.700. The van der Waals surface area contributed by atoms with Crippen LogP contribution in [-0.2, 0) is 6.42 Å². The summed E-state index contributed by atoms with van der Waals surface area (Å²) in [5.74, 6) is 3.32. The van der Waals surface area contributed by atoms with Crippen molar-refractivity contribution in [2.24, 2.45) is 22.7 Å². The molecule has 0 bridgehead atoms. The summed E-state index contributed by atoms with van der Waals surface area (Å²) in [7, 11) is 1.76. The van der Waals surface area contributed by atoms with Gasteiger partial charge in [0.25, 0.3) is 0 Å². The van der Waals surface area contributed by atoms with Crippen molar-refractivity contribution in [3.8, 4) is 5.75 Å². The molecule has 0 amide bonds. The first-order valence-corrected chi connectivity index (χ1v) is 8.95. The lowest BCUT2D eigenvalue weighted by Crippen LogP contribution is -2.47. The van der Waals surface area contributed by atoms with Crippen LogP contribution in [0.25, 0.3) is 0 Å². The van der Waals surface area contributed by atoms with Crippen molar-refractivity contribution < 1.29 is 9.84 Å². The predicted octanol–water partition coefficient (Wildman–Crippen LogP) is 3.91. The van der Waals surface area contributed by atoms with Crippen molar-refractivity contribution in [1.29, 1.82) is 0 Å². The van der Waals surface area contributed by atoms with E-state index in [9.17, 15) is 5.11 Å². The van der Waals surface area contributed by atoms with Gasteiger partial charge in [0, 0.05) is 0 Å². The Balaban J connectivity index is 1.56. The molecule has 3 saturated carbocycles. The first-order chi connectivity index (χ1) is 10.6. The highest BCUT2D eigenvalue weighted by atomic mass is 16.5. The van der Waals surface area contributed by atoms with Crippen LogP contribution in [0.2, 0.25) is 0 Å². The second kappa shape index (κ2) is 4.08. The monoisotopic (exact) mass is 298 g/mol. The van der Waals surface area contributed by atoms with E-state index in [0.29, 0.717) is 5.41 Å². The van der Waals surface area contributed by atoms with Crippen LogP contribution < -0.4 is 4.74 Å². The largest absolute Gasteiger partial charge is 0.497 e. The van der Waals surface area contributed by atoms with E-state index < -0.39 is 0 Å². The smallest absolute Gasteiger partial charge is 0.119 e. The molecule has 0 radical (unpaired) electrons. The summed E-state index contributed by atoms with van der Waals surface area (Å²) in [5.41, 5.74) is 3.76. The molecule has 0 aliphatic heterocycles. The molecule has 0 aromatic heterocycles.